The first kappa shape index (κ1) is 34.0. The summed E-state index contributed by atoms with van der Waals surface area (Å²) in [5, 5.41) is 5.37. The van der Waals surface area contributed by atoms with E-state index in [4.69, 9.17) is 0 Å². The Kier molecular flexibility index (Phi) is 14.9. The molecule has 0 bridgehead atoms. The number of benzene rings is 4. The topological polar surface area (TPSA) is 0 Å². The van der Waals surface area contributed by atoms with Crippen molar-refractivity contribution in [2.24, 2.45) is 0 Å². The summed E-state index contributed by atoms with van der Waals surface area (Å²) in [6, 6.07) is 44.6. The molecule has 0 heterocycles. The Morgan fingerprint density at radius 1 is 0.600 bits per heavy atom. The van der Waals surface area contributed by atoms with Gasteiger partial charge in [0, 0.05) is 0 Å². The third-order valence-corrected chi connectivity index (χ3v) is 9.06. The summed E-state index contributed by atoms with van der Waals surface area (Å²) in [7, 11) is 0. The molecule has 0 aliphatic rings. The van der Waals surface area contributed by atoms with Crippen molar-refractivity contribution in [2.45, 2.75) is 39.7 Å². The molecule has 0 unspecified atom stereocenters. The predicted molar refractivity (Wildman–Crippen MR) is 165 cm³/mol. The van der Waals surface area contributed by atoms with Crippen LogP contribution in [0.3, 0.4) is 0 Å². The fourth-order valence-corrected chi connectivity index (χ4v) is 6.61. The number of rotatable bonds is 5. The summed E-state index contributed by atoms with van der Waals surface area (Å²) < 4.78 is 0. The van der Waals surface area contributed by atoms with Crippen LogP contribution in [0.2, 0.25) is 6.04 Å². The molecule has 4 heteroatoms. The van der Waals surface area contributed by atoms with Crippen LogP contribution in [0.5, 0.6) is 0 Å². The van der Waals surface area contributed by atoms with Crippen molar-refractivity contribution in [3.05, 3.63) is 132 Å². The van der Waals surface area contributed by atoms with E-state index in [1.165, 1.54) is 80.0 Å². The molecule has 0 saturated heterocycles. The second-order valence-electron chi connectivity index (χ2n) is 9.69. The van der Waals surface area contributed by atoms with Crippen molar-refractivity contribution < 1.29 is 48.1 Å². The number of hydrogen-bond donors (Lipinski definition) is 0. The van der Waals surface area contributed by atoms with Crippen molar-refractivity contribution in [2.75, 3.05) is 0 Å². The molecule has 40 heavy (non-hydrogen) atoms. The van der Waals surface area contributed by atoms with Crippen molar-refractivity contribution in [1.29, 1.82) is 0 Å². The van der Waals surface area contributed by atoms with Gasteiger partial charge in [-0.25, -0.2) is 0 Å². The zero-order chi connectivity index (χ0) is 26.7. The summed E-state index contributed by atoms with van der Waals surface area (Å²) in [4.78, 5) is 0. The largest absolute Gasteiger partial charge is 1.00 e. The summed E-state index contributed by atoms with van der Waals surface area (Å²) in [6.45, 7) is 6.54. The summed E-state index contributed by atoms with van der Waals surface area (Å²) in [5.74, 6) is 0. The van der Waals surface area contributed by atoms with Crippen molar-refractivity contribution in [1.82, 2.24) is 0 Å². The molecular weight excluding hydrogens is 623 g/mol. The number of aryl methyl sites for hydroxylation is 2. The monoisotopic (exact) mass is 655 g/mol. The molecule has 0 spiro atoms. The molecule has 0 N–H and O–H groups in total. The third kappa shape index (κ3) is 9.15. The second-order valence-corrected chi connectivity index (χ2v) is 13.2. The molecule has 6 aromatic carbocycles. The van der Waals surface area contributed by atoms with Crippen molar-refractivity contribution in [3.8, 4) is 22.3 Å². The molecule has 0 fully saturated rings. The maximum Gasteiger partial charge on any atom is -0.0279 e. The van der Waals surface area contributed by atoms with Crippen LogP contribution < -0.4 is 24.8 Å². The molecule has 0 nitrogen and oxygen atoms in total. The molecule has 0 aromatic heterocycles. The molecule has 1 radical (unpaired) electrons. The smallest absolute Gasteiger partial charge is 0.0279 e. The van der Waals surface area contributed by atoms with Gasteiger partial charge in [-0.2, -0.15) is 12.1 Å². The summed E-state index contributed by atoms with van der Waals surface area (Å²) >= 11 is 1.72. The van der Waals surface area contributed by atoms with E-state index in [9.17, 15) is 0 Å². The Hall–Kier alpha value is -2.22. The van der Waals surface area contributed by atoms with Gasteiger partial charge in [0.05, 0.1) is 0 Å². The minimum atomic E-state index is 0. The minimum Gasteiger partial charge on any atom is -1.00 e. The second kappa shape index (κ2) is 17.6. The summed E-state index contributed by atoms with van der Waals surface area (Å²) in [5.41, 5.74) is 7.89. The van der Waals surface area contributed by atoms with Crippen LogP contribution in [-0.2, 0) is 23.3 Å². The Bertz CT molecular complexity index is 1470. The average molecular weight is 658 g/mol. The fourth-order valence-electron chi connectivity index (χ4n) is 4.77. The van der Waals surface area contributed by atoms with Crippen LogP contribution >= 0.6 is 0 Å². The number of hydrogen-bond acceptors (Lipinski definition) is 0. The van der Waals surface area contributed by atoms with E-state index in [1.807, 2.05) is 0 Å². The average Bonchev–Trinajstić information content (AvgIpc) is 3.54. The Labute approximate surface area is 268 Å². The zero-order valence-corrected chi connectivity index (χ0v) is 28.4. The number of halogens is 2. The first-order valence-electron chi connectivity index (χ1n) is 13.4. The van der Waals surface area contributed by atoms with E-state index < -0.39 is 0 Å². The van der Waals surface area contributed by atoms with Crippen molar-refractivity contribution >= 4 is 27.7 Å². The molecule has 6 aromatic rings. The van der Waals surface area contributed by atoms with Crippen LogP contribution in [0.1, 0.15) is 30.9 Å². The van der Waals surface area contributed by atoms with Gasteiger partial charge in [-0.3, -0.25) is 0 Å². The van der Waals surface area contributed by atoms with Crippen LogP contribution in [-0.4, -0.2) is 6.16 Å². The molecule has 0 aliphatic carbocycles. The Balaban J connectivity index is 0.000000225. The maximum atomic E-state index is 2.26. The molecule has 0 aliphatic heterocycles. The molecule has 0 atom stereocenters. The van der Waals surface area contributed by atoms with Gasteiger partial charge in [0.1, 0.15) is 0 Å². The molecular formula is C36H35Cl2SiZr-2. The summed E-state index contributed by atoms with van der Waals surface area (Å²) in [6.07, 6.45) is 4.08. The van der Waals surface area contributed by atoms with Gasteiger partial charge in [0.15, 0.2) is 0 Å². The number of fused-ring (bicyclic) bond motifs is 2. The quantitative estimate of drug-likeness (QED) is 0.146. The Morgan fingerprint density at radius 3 is 1.38 bits per heavy atom. The predicted octanol–water partition coefficient (Wildman–Crippen LogP) is 4.45. The van der Waals surface area contributed by atoms with Crippen LogP contribution in [0.25, 0.3) is 43.8 Å². The standard InChI is InChI=1S/2C16H13.C4H9Si.2ClH.Zr/c2*1-12-10-14-8-5-9-15(16(14)11-12)13-6-3-2-4-7-13;1-2-3-4-5;;;/h2*2-11H,1H3;2-4H2,1H3;2*1H;/q2*-1;;;;+2/p-2. The van der Waals surface area contributed by atoms with Gasteiger partial charge < -0.3 is 24.8 Å². The van der Waals surface area contributed by atoms with E-state index in [0.29, 0.717) is 0 Å². The van der Waals surface area contributed by atoms with Crippen LogP contribution in [0.4, 0.5) is 0 Å². The van der Waals surface area contributed by atoms with Gasteiger partial charge in [-0.05, 0) is 11.1 Å². The van der Waals surface area contributed by atoms with E-state index in [2.05, 4.69) is 142 Å². The van der Waals surface area contributed by atoms with Gasteiger partial charge in [-0.1, -0.05) is 97.8 Å². The van der Waals surface area contributed by atoms with E-state index in [0.717, 1.165) is 0 Å². The normalized spacial score (nSPS) is 9.93. The van der Waals surface area contributed by atoms with E-state index in [-0.39, 0.29) is 24.8 Å². The van der Waals surface area contributed by atoms with Crippen LogP contribution in [0.15, 0.2) is 121 Å². The van der Waals surface area contributed by atoms with Gasteiger partial charge in [-0.15, -0.1) is 69.1 Å². The minimum absolute atomic E-state index is 0. The molecule has 0 saturated carbocycles. The van der Waals surface area contributed by atoms with E-state index >= 15 is 0 Å². The Morgan fingerprint density at radius 2 is 1.02 bits per heavy atom. The van der Waals surface area contributed by atoms with Gasteiger partial charge in [0.25, 0.3) is 0 Å². The third-order valence-electron chi connectivity index (χ3n) is 6.61. The fraction of sp³-hybridized carbons (Fsp3) is 0.167. The van der Waals surface area contributed by atoms with Crippen LogP contribution in [0, 0.1) is 13.8 Å². The first-order valence-corrected chi connectivity index (χ1v) is 18.3. The molecule has 203 valence electrons. The molecule has 0 amide bonds. The zero-order valence-electron chi connectivity index (χ0n) is 23.4. The molecule has 6 rings (SSSR count). The van der Waals surface area contributed by atoms with Gasteiger partial charge >= 0.3 is 55.3 Å². The van der Waals surface area contributed by atoms with Gasteiger partial charge in [0.2, 0.25) is 0 Å². The van der Waals surface area contributed by atoms with E-state index in [1.54, 1.807) is 23.3 Å². The SMILES string of the molecule is CCCC[Si]=[Zr+2].Cc1cc2c(-c3ccccc3)cccc2[cH-]1.Cc1cc2c(-c3ccccc3)cccc2[cH-]1.[Cl-].[Cl-]. The number of unbranched alkanes of at least 4 members (excludes halogenated alkanes) is 1. The van der Waals surface area contributed by atoms with Crippen molar-refractivity contribution in [3.63, 3.8) is 0 Å². The first-order chi connectivity index (χ1) is 18.6. The maximum absolute atomic E-state index is 2.26.